The molecule has 0 radical (unpaired) electrons. The Kier molecular flexibility index (Phi) is 4.40. The van der Waals surface area contributed by atoms with Crippen molar-refractivity contribution in [2.24, 2.45) is 0 Å². The van der Waals surface area contributed by atoms with Crippen LogP contribution in [0.15, 0.2) is 34.8 Å². The van der Waals surface area contributed by atoms with Gasteiger partial charge in [0.15, 0.2) is 11.0 Å². The number of aromatic nitrogens is 4. The van der Waals surface area contributed by atoms with E-state index in [1.165, 1.54) is 0 Å². The molecule has 18 heavy (non-hydrogen) atoms. The van der Waals surface area contributed by atoms with Crippen LogP contribution in [0.3, 0.4) is 0 Å². The molecule has 0 fully saturated rings. The lowest BCUT2D eigenvalue weighted by Crippen LogP contribution is -2.05. The Hall–Kier alpha value is -1.76. The standard InChI is InChI=1S/C11H12FN5S/c1-2-4-13-10-16-7-8(12)9(17-10)18-11-14-5-3-6-15-11/h3,5-7H,2,4H2,1H3,(H,13,16,17). The third-order valence-electron chi connectivity index (χ3n) is 1.98. The van der Waals surface area contributed by atoms with Gasteiger partial charge in [-0.25, -0.2) is 24.3 Å². The van der Waals surface area contributed by atoms with Crippen LogP contribution in [0, 0.1) is 5.82 Å². The van der Waals surface area contributed by atoms with E-state index in [-0.39, 0.29) is 5.03 Å². The zero-order chi connectivity index (χ0) is 12.8. The maximum Gasteiger partial charge on any atom is 0.223 e. The molecule has 2 aromatic heterocycles. The number of nitrogens with zero attached hydrogens (tertiary/aromatic N) is 4. The molecule has 0 atom stereocenters. The van der Waals surface area contributed by atoms with E-state index in [9.17, 15) is 4.39 Å². The molecule has 0 saturated heterocycles. The molecule has 0 aliphatic rings. The number of hydrogen-bond acceptors (Lipinski definition) is 6. The summed E-state index contributed by atoms with van der Waals surface area (Å²) in [6, 6.07) is 1.70. The second-order valence-corrected chi connectivity index (χ2v) is 4.36. The van der Waals surface area contributed by atoms with Crippen LogP contribution in [0.1, 0.15) is 13.3 Å². The van der Waals surface area contributed by atoms with Crippen molar-refractivity contribution >= 4 is 17.7 Å². The minimum absolute atomic E-state index is 0.217. The van der Waals surface area contributed by atoms with Crippen molar-refractivity contribution in [3.05, 3.63) is 30.5 Å². The molecular weight excluding hydrogens is 253 g/mol. The summed E-state index contributed by atoms with van der Waals surface area (Å²) >= 11 is 1.07. The predicted molar refractivity (Wildman–Crippen MR) is 66.9 cm³/mol. The average Bonchev–Trinajstić information content (AvgIpc) is 2.41. The summed E-state index contributed by atoms with van der Waals surface area (Å²) in [5, 5.41) is 3.68. The molecule has 0 amide bonds. The first-order valence-electron chi connectivity index (χ1n) is 5.51. The number of halogens is 1. The minimum atomic E-state index is -0.477. The van der Waals surface area contributed by atoms with E-state index in [2.05, 4.69) is 25.3 Å². The van der Waals surface area contributed by atoms with E-state index in [1.807, 2.05) is 6.92 Å². The van der Waals surface area contributed by atoms with Gasteiger partial charge in [-0.15, -0.1) is 0 Å². The van der Waals surface area contributed by atoms with Crippen molar-refractivity contribution in [1.82, 2.24) is 19.9 Å². The minimum Gasteiger partial charge on any atom is -0.354 e. The van der Waals surface area contributed by atoms with Crippen LogP contribution in [0.2, 0.25) is 0 Å². The molecule has 0 spiro atoms. The summed E-state index contributed by atoms with van der Waals surface area (Å²) in [7, 11) is 0. The Morgan fingerprint density at radius 1 is 1.28 bits per heavy atom. The summed E-state index contributed by atoms with van der Waals surface area (Å²) < 4.78 is 13.5. The zero-order valence-corrected chi connectivity index (χ0v) is 10.6. The molecule has 0 bridgehead atoms. The maximum atomic E-state index is 13.5. The van der Waals surface area contributed by atoms with Gasteiger partial charge in [0.1, 0.15) is 5.03 Å². The van der Waals surface area contributed by atoms with E-state index in [0.717, 1.165) is 30.9 Å². The van der Waals surface area contributed by atoms with Crippen molar-refractivity contribution in [1.29, 1.82) is 0 Å². The molecule has 0 aliphatic heterocycles. The van der Waals surface area contributed by atoms with Gasteiger partial charge < -0.3 is 5.32 Å². The molecule has 7 heteroatoms. The fourth-order valence-corrected chi connectivity index (χ4v) is 1.85. The van der Waals surface area contributed by atoms with Crippen LogP contribution >= 0.6 is 11.8 Å². The molecule has 2 aromatic rings. The lowest BCUT2D eigenvalue weighted by molar-refractivity contribution is 0.579. The summed E-state index contributed by atoms with van der Waals surface area (Å²) in [6.45, 7) is 2.78. The van der Waals surface area contributed by atoms with Crippen molar-refractivity contribution < 1.29 is 4.39 Å². The number of anilines is 1. The fraction of sp³-hybridized carbons (Fsp3) is 0.273. The van der Waals surface area contributed by atoms with Gasteiger partial charge in [0.2, 0.25) is 5.95 Å². The van der Waals surface area contributed by atoms with Crippen LogP contribution in [-0.2, 0) is 0 Å². The number of nitrogens with one attached hydrogen (secondary N) is 1. The highest BCUT2D eigenvalue weighted by molar-refractivity contribution is 7.99. The predicted octanol–water partition coefficient (Wildman–Crippen LogP) is 2.38. The monoisotopic (exact) mass is 265 g/mol. The second kappa shape index (κ2) is 6.25. The highest BCUT2D eigenvalue weighted by atomic mass is 32.2. The fourth-order valence-electron chi connectivity index (χ4n) is 1.17. The molecule has 0 saturated carbocycles. The molecular formula is C11H12FN5S. The zero-order valence-electron chi connectivity index (χ0n) is 9.80. The Bertz CT molecular complexity index is 508. The summed E-state index contributed by atoms with van der Waals surface area (Å²) in [4.78, 5) is 16.0. The van der Waals surface area contributed by atoms with Crippen LogP contribution in [0.5, 0.6) is 0 Å². The molecule has 94 valence electrons. The van der Waals surface area contributed by atoms with E-state index in [0.29, 0.717) is 11.1 Å². The number of rotatable bonds is 5. The van der Waals surface area contributed by atoms with Crippen molar-refractivity contribution in [2.45, 2.75) is 23.5 Å². The van der Waals surface area contributed by atoms with Gasteiger partial charge in [-0.2, -0.15) is 0 Å². The Morgan fingerprint density at radius 3 is 2.78 bits per heavy atom. The average molecular weight is 265 g/mol. The first-order valence-corrected chi connectivity index (χ1v) is 6.32. The van der Waals surface area contributed by atoms with Crippen LogP contribution in [-0.4, -0.2) is 26.5 Å². The van der Waals surface area contributed by atoms with E-state index >= 15 is 0 Å². The van der Waals surface area contributed by atoms with Gasteiger partial charge in [-0.3, -0.25) is 0 Å². The van der Waals surface area contributed by atoms with Gasteiger partial charge in [-0.05, 0) is 24.2 Å². The van der Waals surface area contributed by atoms with Crippen molar-refractivity contribution in [2.75, 3.05) is 11.9 Å². The lowest BCUT2D eigenvalue weighted by Gasteiger charge is -2.05. The SMILES string of the molecule is CCCNc1ncc(F)c(Sc2ncccn2)n1. The Morgan fingerprint density at radius 2 is 2.06 bits per heavy atom. The summed E-state index contributed by atoms with van der Waals surface area (Å²) in [6.07, 6.45) is 5.30. The van der Waals surface area contributed by atoms with Crippen molar-refractivity contribution in [3.8, 4) is 0 Å². The molecule has 2 heterocycles. The maximum absolute atomic E-state index is 13.5. The van der Waals surface area contributed by atoms with Crippen LogP contribution < -0.4 is 5.32 Å². The third kappa shape index (κ3) is 3.36. The Labute approximate surface area is 108 Å². The topological polar surface area (TPSA) is 63.6 Å². The highest BCUT2D eigenvalue weighted by Gasteiger charge is 2.09. The van der Waals surface area contributed by atoms with E-state index < -0.39 is 5.82 Å². The molecule has 0 unspecified atom stereocenters. The van der Waals surface area contributed by atoms with Crippen LogP contribution in [0.4, 0.5) is 10.3 Å². The first-order chi connectivity index (χ1) is 8.79. The van der Waals surface area contributed by atoms with E-state index in [1.54, 1.807) is 18.5 Å². The molecule has 2 rings (SSSR count). The largest absolute Gasteiger partial charge is 0.354 e. The van der Waals surface area contributed by atoms with Gasteiger partial charge in [-0.1, -0.05) is 6.92 Å². The molecule has 1 N–H and O–H groups in total. The van der Waals surface area contributed by atoms with Crippen molar-refractivity contribution in [3.63, 3.8) is 0 Å². The molecule has 0 aromatic carbocycles. The lowest BCUT2D eigenvalue weighted by atomic mass is 10.5. The normalized spacial score (nSPS) is 10.3. The van der Waals surface area contributed by atoms with Gasteiger partial charge in [0.25, 0.3) is 0 Å². The molecule has 5 nitrogen and oxygen atoms in total. The quantitative estimate of drug-likeness (QED) is 0.661. The summed E-state index contributed by atoms with van der Waals surface area (Å²) in [5.74, 6) is -0.0637. The molecule has 0 aliphatic carbocycles. The van der Waals surface area contributed by atoms with Gasteiger partial charge in [0, 0.05) is 18.9 Å². The van der Waals surface area contributed by atoms with Gasteiger partial charge in [0.05, 0.1) is 6.20 Å². The Balaban J connectivity index is 2.16. The van der Waals surface area contributed by atoms with Gasteiger partial charge >= 0.3 is 0 Å². The highest BCUT2D eigenvalue weighted by Crippen LogP contribution is 2.25. The van der Waals surface area contributed by atoms with E-state index in [4.69, 9.17) is 0 Å². The smallest absolute Gasteiger partial charge is 0.223 e. The first kappa shape index (κ1) is 12.7. The second-order valence-electron chi connectivity index (χ2n) is 3.41. The number of hydrogen-bond donors (Lipinski definition) is 1. The summed E-state index contributed by atoms with van der Waals surface area (Å²) in [5.41, 5.74) is 0. The third-order valence-corrected chi connectivity index (χ3v) is 2.85. The van der Waals surface area contributed by atoms with Crippen LogP contribution in [0.25, 0.3) is 0 Å².